The van der Waals surface area contributed by atoms with Gasteiger partial charge >= 0.3 is 0 Å². The highest BCUT2D eigenvalue weighted by Crippen LogP contribution is 2.16. The lowest BCUT2D eigenvalue weighted by molar-refractivity contribution is 0.0681. The maximum atomic E-state index is 9.17. The number of likely N-dealkylation sites (N-methyl/N-ethyl adjacent to an activating group) is 1. The summed E-state index contributed by atoms with van der Waals surface area (Å²) in [6, 6.07) is 5.37. The first kappa shape index (κ1) is 11.8. The molecular formula is C11H16N2O2. The van der Waals surface area contributed by atoms with Crippen LogP contribution in [0.15, 0.2) is 16.5 Å². The Morgan fingerprint density at radius 3 is 2.67 bits per heavy atom. The zero-order valence-electron chi connectivity index (χ0n) is 9.32. The van der Waals surface area contributed by atoms with E-state index in [0.29, 0.717) is 12.3 Å². The number of hydrogen-bond acceptors (Lipinski definition) is 4. The van der Waals surface area contributed by atoms with Crippen LogP contribution in [-0.4, -0.2) is 29.2 Å². The van der Waals surface area contributed by atoms with Gasteiger partial charge in [0.25, 0.3) is 0 Å². The van der Waals surface area contributed by atoms with Crippen molar-refractivity contribution in [2.45, 2.75) is 25.9 Å². The van der Waals surface area contributed by atoms with Crippen molar-refractivity contribution in [2.24, 2.45) is 0 Å². The molecule has 0 unspecified atom stereocenters. The number of furan rings is 1. The van der Waals surface area contributed by atoms with Crippen molar-refractivity contribution < 1.29 is 9.52 Å². The van der Waals surface area contributed by atoms with Crippen LogP contribution in [0.5, 0.6) is 0 Å². The monoisotopic (exact) mass is 208 g/mol. The van der Waals surface area contributed by atoms with Crippen LogP contribution in [0.1, 0.15) is 25.4 Å². The minimum atomic E-state index is -0.292. The second-order valence-corrected chi connectivity index (χ2v) is 4.20. The number of nitrogens with zero attached hydrogens (tertiary/aromatic N) is 2. The largest absolute Gasteiger partial charge is 0.449 e. The number of rotatable bonds is 4. The molecule has 0 bridgehead atoms. The van der Waals surface area contributed by atoms with Crippen LogP contribution in [0.3, 0.4) is 0 Å². The molecule has 0 atom stereocenters. The first-order valence-electron chi connectivity index (χ1n) is 4.80. The zero-order chi connectivity index (χ0) is 11.5. The summed E-state index contributed by atoms with van der Waals surface area (Å²) in [6.07, 6.45) is 0. The molecule has 4 nitrogen and oxygen atoms in total. The van der Waals surface area contributed by atoms with E-state index in [-0.39, 0.29) is 12.1 Å². The molecule has 0 fully saturated rings. The zero-order valence-corrected chi connectivity index (χ0v) is 9.32. The van der Waals surface area contributed by atoms with Gasteiger partial charge < -0.3 is 9.52 Å². The third-order valence-electron chi connectivity index (χ3n) is 2.59. The maximum Gasteiger partial charge on any atom is 0.203 e. The fourth-order valence-corrected chi connectivity index (χ4v) is 1.09. The molecule has 15 heavy (non-hydrogen) atoms. The van der Waals surface area contributed by atoms with E-state index >= 15 is 0 Å². The summed E-state index contributed by atoms with van der Waals surface area (Å²) in [5, 5.41) is 17.8. The minimum Gasteiger partial charge on any atom is -0.449 e. The Kier molecular flexibility index (Phi) is 3.51. The van der Waals surface area contributed by atoms with Crippen molar-refractivity contribution in [3.63, 3.8) is 0 Å². The van der Waals surface area contributed by atoms with Crippen molar-refractivity contribution in [1.29, 1.82) is 5.26 Å². The van der Waals surface area contributed by atoms with Crippen molar-refractivity contribution in [1.82, 2.24) is 4.90 Å². The summed E-state index contributed by atoms with van der Waals surface area (Å²) in [5.74, 6) is 1.05. The summed E-state index contributed by atoms with van der Waals surface area (Å²) >= 11 is 0. The average molecular weight is 208 g/mol. The predicted octanol–water partition coefficient (Wildman–Crippen LogP) is 1.35. The van der Waals surface area contributed by atoms with Crippen LogP contribution in [-0.2, 0) is 6.54 Å². The Balaban J connectivity index is 2.67. The Hall–Kier alpha value is -1.31. The molecule has 0 saturated carbocycles. The van der Waals surface area contributed by atoms with E-state index in [0.717, 1.165) is 5.76 Å². The number of aliphatic hydroxyl groups is 1. The van der Waals surface area contributed by atoms with Gasteiger partial charge in [0.2, 0.25) is 5.76 Å². The molecule has 0 aliphatic carbocycles. The predicted molar refractivity (Wildman–Crippen MR) is 56.1 cm³/mol. The molecule has 0 amide bonds. The summed E-state index contributed by atoms with van der Waals surface area (Å²) in [7, 11) is 1.91. The molecule has 0 aliphatic rings. The van der Waals surface area contributed by atoms with Crippen LogP contribution in [0.25, 0.3) is 0 Å². The van der Waals surface area contributed by atoms with Crippen LogP contribution in [0.2, 0.25) is 0 Å². The van der Waals surface area contributed by atoms with Gasteiger partial charge in [0.1, 0.15) is 11.8 Å². The van der Waals surface area contributed by atoms with Crippen LogP contribution in [0, 0.1) is 11.3 Å². The molecule has 1 aromatic rings. The molecule has 1 heterocycles. The lowest BCUT2D eigenvalue weighted by atomic mass is 10.1. The second kappa shape index (κ2) is 4.47. The topological polar surface area (TPSA) is 60.4 Å². The van der Waals surface area contributed by atoms with Gasteiger partial charge in [-0.2, -0.15) is 5.26 Å². The van der Waals surface area contributed by atoms with E-state index in [2.05, 4.69) is 0 Å². The molecule has 1 rings (SSSR count). The van der Waals surface area contributed by atoms with Crippen molar-refractivity contribution in [3.05, 3.63) is 23.7 Å². The molecule has 0 aromatic carbocycles. The van der Waals surface area contributed by atoms with E-state index < -0.39 is 0 Å². The van der Waals surface area contributed by atoms with Gasteiger partial charge in [-0.05, 0) is 33.0 Å². The van der Waals surface area contributed by atoms with Crippen LogP contribution >= 0.6 is 0 Å². The van der Waals surface area contributed by atoms with Crippen molar-refractivity contribution in [2.75, 3.05) is 13.7 Å². The quantitative estimate of drug-likeness (QED) is 0.811. The molecule has 0 aliphatic heterocycles. The standard InChI is InChI=1S/C11H16N2O2/c1-11(2,8-14)13(3)7-10-5-4-9(6-12)15-10/h4-5,14H,7-8H2,1-3H3. The highest BCUT2D eigenvalue weighted by molar-refractivity contribution is 5.19. The van der Waals surface area contributed by atoms with Gasteiger partial charge in [0.15, 0.2) is 0 Å². The van der Waals surface area contributed by atoms with E-state index in [9.17, 15) is 0 Å². The van der Waals surface area contributed by atoms with Crippen LogP contribution in [0.4, 0.5) is 0 Å². The Morgan fingerprint density at radius 1 is 1.53 bits per heavy atom. The first-order valence-corrected chi connectivity index (χ1v) is 4.80. The maximum absolute atomic E-state index is 9.17. The fourth-order valence-electron chi connectivity index (χ4n) is 1.09. The molecule has 0 spiro atoms. The average Bonchev–Trinajstić information content (AvgIpc) is 2.65. The van der Waals surface area contributed by atoms with Crippen molar-refractivity contribution in [3.8, 4) is 6.07 Å². The molecular weight excluding hydrogens is 192 g/mol. The molecule has 4 heteroatoms. The van der Waals surface area contributed by atoms with Crippen LogP contribution < -0.4 is 0 Å². The van der Waals surface area contributed by atoms with Gasteiger partial charge in [-0.1, -0.05) is 0 Å². The molecule has 1 N–H and O–H groups in total. The molecule has 1 aromatic heterocycles. The number of nitriles is 1. The lowest BCUT2D eigenvalue weighted by Gasteiger charge is -2.33. The Morgan fingerprint density at radius 2 is 2.20 bits per heavy atom. The smallest absolute Gasteiger partial charge is 0.203 e. The summed E-state index contributed by atoms with van der Waals surface area (Å²) in [6.45, 7) is 4.55. The Bertz CT molecular complexity index is 363. The first-order chi connectivity index (χ1) is 6.99. The number of hydrogen-bond donors (Lipinski definition) is 1. The highest BCUT2D eigenvalue weighted by Gasteiger charge is 2.23. The molecule has 0 radical (unpaired) electrons. The van der Waals surface area contributed by atoms with Gasteiger partial charge in [0, 0.05) is 5.54 Å². The Labute approximate surface area is 89.7 Å². The van der Waals surface area contributed by atoms with Gasteiger partial charge in [-0.3, -0.25) is 4.90 Å². The number of aliphatic hydroxyl groups excluding tert-OH is 1. The van der Waals surface area contributed by atoms with Gasteiger partial charge in [0.05, 0.1) is 13.2 Å². The second-order valence-electron chi connectivity index (χ2n) is 4.20. The molecule has 0 saturated heterocycles. The van der Waals surface area contributed by atoms with E-state index in [1.165, 1.54) is 0 Å². The summed E-state index contributed by atoms with van der Waals surface area (Å²) in [5.41, 5.74) is -0.292. The minimum absolute atomic E-state index is 0.0787. The van der Waals surface area contributed by atoms with Gasteiger partial charge in [-0.15, -0.1) is 0 Å². The third-order valence-corrected chi connectivity index (χ3v) is 2.59. The lowest BCUT2D eigenvalue weighted by Crippen LogP contribution is -2.43. The van der Waals surface area contributed by atoms with E-state index in [1.54, 1.807) is 12.1 Å². The molecule has 82 valence electrons. The third kappa shape index (κ3) is 2.82. The van der Waals surface area contributed by atoms with E-state index in [1.807, 2.05) is 31.9 Å². The SMILES string of the molecule is CN(Cc1ccc(C#N)o1)C(C)(C)CO. The van der Waals surface area contributed by atoms with Crippen molar-refractivity contribution >= 4 is 0 Å². The van der Waals surface area contributed by atoms with E-state index in [4.69, 9.17) is 14.8 Å². The van der Waals surface area contributed by atoms with Gasteiger partial charge in [-0.25, -0.2) is 0 Å². The summed E-state index contributed by atoms with van der Waals surface area (Å²) in [4.78, 5) is 1.98. The summed E-state index contributed by atoms with van der Waals surface area (Å²) < 4.78 is 5.26. The fraction of sp³-hybridized carbons (Fsp3) is 0.545. The normalized spacial score (nSPS) is 11.7. The highest BCUT2D eigenvalue weighted by atomic mass is 16.3.